The third-order valence-corrected chi connectivity index (χ3v) is 19.4. The quantitative estimate of drug-likeness (QED) is 0.0371. The van der Waals surface area contributed by atoms with Gasteiger partial charge in [0.05, 0.1) is 84.0 Å². The van der Waals surface area contributed by atoms with Crippen LogP contribution in [0.5, 0.6) is 11.5 Å². The third kappa shape index (κ3) is 18.9. The number of alkyl halides is 6. The Morgan fingerprint density at radius 3 is 1.06 bits per heavy atom. The molecule has 23 nitrogen and oxygen atoms in total. The molecule has 560 valence electrons. The van der Waals surface area contributed by atoms with E-state index in [-0.39, 0.29) is 52.1 Å². The predicted molar refractivity (Wildman–Crippen MR) is 409 cm³/mol. The van der Waals surface area contributed by atoms with Crippen LogP contribution in [0, 0.1) is 25.7 Å². The molecule has 12 aromatic rings. The van der Waals surface area contributed by atoms with E-state index >= 15 is 0 Å². The predicted octanol–water partition coefficient (Wildman–Crippen LogP) is 13.1. The number of anilines is 4. The standard InChI is InChI=1S/C20H21F2N5O.C20H21F2N5.C20H22FN5O.C19H21FN6/c1-28-15-4-2-13(3-5-15)16-10-17-18(25-9-8-24-17)19(27-16)26-12-14-11-23-7-6-20(14,21)22;1-13-2-4-14(5-3-13)16-10-17-18(25-9-8-24-17)19(27-16)26-12-15-11-23-7-6-20(15,21)22;1-27-15-5-3-14(4-6-15)16-11-17-18(24-10-9-23-17)19(26-16)25-13-20(21)7-2-8-22-12-20;1-13-3-4-14(10-24-13)15-9-16-17(23-8-7-22-16)18(26-15)25-12-19(20)5-2-6-21-11-19/h2-5,8-10,14,23H,6-7,11-12H2,1H3,(H,26,27);2-5,8-10,15,23H,6-7,11-12H2,1H3,(H,26,27);3-6,9-11,22H,2,7-8,12-13H2,1H3,(H,25,26);3-4,7-10,21H,2,5-6,11-12H2,1H3,(H,25,26). The summed E-state index contributed by atoms with van der Waals surface area (Å²) < 4.78 is 96.9. The zero-order valence-corrected chi connectivity index (χ0v) is 60.4. The maximum Gasteiger partial charge on any atom is 0.255 e. The summed E-state index contributed by atoms with van der Waals surface area (Å²) in [6.07, 6.45) is 17.1. The molecule has 8 N–H and O–H groups in total. The minimum atomic E-state index is -2.70. The molecule has 4 saturated heterocycles. The Bertz CT molecular complexity index is 4990. The number of ether oxygens (including phenoxy) is 2. The van der Waals surface area contributed by atoms with Crippen molar-refractivity contribution in [2.45, 2.75) is 75.6 Å². The number of methoxy groups -OCH3 is 2. The molecule has 4 atom stereocenters. The average molecular weight is 1470 g/mol. The van der Waals surface area contributed by atoms with Crippen molar-refractivity contribution < 1.29 is 35.8 Å². The second-order valence-corrected chi connectivity index (χ2v) is 27.3. The Hall–Kier alpha value is -11.0. The van der Waals surface area contributed by atoms with E-state index in [9.17, 15) is 26.3 Å². The lowest BCUT2D eigenvalue weighted by Gasteiger charge is -2.32. The maximum absolute atomic E-state index is 15.0. The van der Waals surface area contributed by atoms with Crippen LogP contribution < -0.4 is 52.0 Å². The first-order valence-electron chi connectivity index (χ1n) is 36.1. The van der Waals surface area contributed by atoms with Crippen LogP contribution in [-0.4, -0.2) is 181 Å². The van der Waals surface area contributed by atoms with Crippen LogP contribution in [0.25, 0.3) is 89.2 Å². The van der Waals surface area contributed by atoms with Crippen molar-refractivity contribution in [3.05, 3.63) is 176 Å². The van der Waals surface area contributed by atoms with Crippen LogP contribution in [0.3, 0.4) is 0 Å². The van der Waals surface area contributed by atoms with Gasteiger partial charge in [-0.1, -0.05) is 29.8 Å². The maximum atomic E-state index is 15.0. The van der Waals surface area contributed by atoms with Crippen molar-refractivity contribution in [2.75, 3.05) is 114 Å². The second-order valence-electron chi connectivity index (χ2n) is 27.3. The molecule has 3 aromatic carbocycles. The Morgan fingerprint density at radius 1 is 0.389 bits per heavy atom. The number of aromatic nitrogens is 13. The molecule has 4 fully saturated rings. The highest BCUT2D eigenvalue weighted by Crippen LogP contribution is 2.36. The molecule has 4 aliphatic heterocycles. The van der Waals surface area contributed by atoms with E-state index < -0.39 is 35.0 Å². The molecule has 0 spiro atoms. The van der Waals surface area contributed by atoms with Crippen LogP contribution in [0.4, 0.5) is 49.6 Å². The number of nitrogens with zero attached hydrogens (tertiary/aromatic N) is 13. The van der Waals surface area contributed by atoms with Gasteiger partial charge >= 0.3 is 0 Å². The number of hydrogen-bond donors (Lipinski definition) is 8. The summed E-state index contributed by atoms with van der Waals surface area (Å²) in [7, 11) is 3.24. The number of pyridine rings is 5. The summed E-state index contributed by atoms with van der Waals surface area (Å²) >= 11 is 0. The van der Waals surface area contributed by atoms with Gasteiger partial charge in [-0.2, -0.15) is 0 Å². The largest absolute Gasteiger partial charge is 0.497 e. The van der Waals surface area contributed by atoms with E-state index in [4.69, 9.17) is 14.5 Å². The van der Waals surface area contributed by atoms with E-state index in [1.165, 1.54) is 0 Å². The fourth-order valence-corrected chi connectivity index (χ4v) is 13.1. The zero-order valence-electron chi connectivity index (χ0n) is 60.4. The molecular formula is C79H85F6N21O2. The third-order valence-electron chi connectivity index (χ3n) is 19.4. The Kier molecular flexibility index (Phi) is 23.9. The summed E-state index contributed by atoms with van der Waals surface area (Å²) in [6.45, 7) is 8.22. The van der Waals surface area contributed by atoms with Crippen LogP contribution in [0.1, 0.15) is 49.8 Å². The number of nitrogens with one attached hydrogen (secondary N) is 8. The van der Waals surface area contributed by atoms with Gasteiger partial charge < -0.3 is 52.0 Å². The summed E-state index contributed by atoms with van der Waals surface area (Å²) in [5.41, 5.74) is 11.3. The number of aryl methyl sites for hydroxylation is 2. The number of halogens is 6. The molecule has 108 heavy (non-hydrogen) atoms. The molecule has 16 rings (SSSR count). The van der Waals surface area contributed by atoms with Crippen molar-refractivity contribution in [1.29, 1.82) is 0 Å². The number of fused-ring (bicyclic) bond motifs is 4. The number of hydrogen-bond acceptors (Lipinski definition) is 23. The molecule has 0 radical (unpaired) electrons. The van der Waals surface area contributed by atoms with Gasteiger partial charge in [0.1, 0.15) is 44.9 Å². The van der Waals surface area contributed by atoms with Crippen molar-refractivity contribution in [1.82, 2.24) is 86.1 Å². The molecular weight excluding hydrogens is 1390 g/mol. The van der Waals surface area contributed by atoms with Gasteiger partial charge in [0, 0.05) is 149 Å². The fraction of sp³-hybridized carbons (Fsp3) is 0.354. The first kappa shape index (κ1) is 75.2. The Balaban J connectivity index is 0.000000127. The lowest BCUT2D eigenvalue weighted by Crippen LogP contribution is -2.47. The van der Waals surface area contributed by atoms with Crippen LogP contribution >= 0.6 is 0 Å². The highest BCUT2D eigenvalue weighted by Gasteiger charge is 2.43. The summed E-state index contributed by atoms with van der Waals surface area (Å²) in [4.78, 5) is 57.9. The first-order valence-corrected chi connectivity index (χ1v) is 36.1. The normalized spacial score (nSPS) is 19.5. The average Bonchev–Trinajstić information content (AvgIpc) is 0.810. The Morgan fingerprint density at radius 2 is 0.731 bits per heavy atom. The zero-order chi connectivity index (χ0) is 75.1. The Labute approximate surface area is 620 Å². The van der Waals surface area contributed by atoms with Gasteiger partial charge in [0.15, 0.2) is 23.3 Å². The smallest absolute Gasteiger partial charge is 0.255 e. The SMILES string of the molecule is COc1ccc(-c2cc3nccnc3c(NCC3(F)CCCNC3)n2)cc1.COc1ccc(-c2cc3nccnc3c(NCC3CNCCC3(F)F)n2)cc1.Cc1ccc(-c2cc3nccnc3c(NCC3(F)CCCNC3)n2)cn1.Cc1ccc(-c2cc3nccnc3c(NCC3CNCCC3(F)F)n2)cc1. The topological polar surface area (TPSA) is 282 Å². The van der Waals surface area contributed by atoms with Crippen LogP contribution in [0.15, 0.2) is 165 Å². The van der Waals surface area contributed by atoms with Gasteiger partial charge in [0.2, 0.25) is 0 Å². The summed E-state index contributed by atoms with van der Waals surface area (Å²) in [5.74, 6) is -3.42. The molecule has 0 amide bonds. The summed E-state index contributed by atoms with van der Waals surface area (Å²) in [6, 6.07) is 34.5. The molecule has 13 heterocycles. The van der Waals surface area contributed by atoms with E-state index in [1.807, 2.05) is 123 Å². The van der Waals surface area contributed by atoms with E-state index in [1.54, 1.807) is 70.0 Å². The van der Waals surface area contributed by atoms with Crippen LogP contribution in [0.2, 0.25) is 0 Å². The highest BCUT2D eigenvalue weighted by molar-refractivity contribution is 5.91. The molecule has 0 aliphatic carbocycles. The monoisotopic (exact) mass is 1470 g/mol. The van der Waals surface area contributed by atoms with Gasteiger partial charge in [-0.15, -0.1) is 0 Å². The lowest BCUT2D eigenvalue weighted by molar-refractivity contribution is -0.0733. The highest BCUT2D eigenvalue weighted by atomic mass is 19.3. The van der Waals surface area contributed by atoms with E-state index in [0.29, 0.717) is 101 Å². The molecule has 29 heteroatoms. The van der Waals surface area contributed by atoms with Crippen molar-refractivity contribution in [3.8, 4) is 56.5 Å². The summed E-state index contributed by atoms with van der Waals surface area (Å²) in [5, 5.41) is 24.8. The minimum absolute atomic E-state index is 0.102. The lowest BCUT2D eigenvalue weighted by atomic mass is 9.95. The second kappa shape index (κ2) is 34.3. The molecule has 4 unspecified atom stereocenters. The molecule has 9 aromatic heterocycles. The van der Waals surface area contributed by atoms with Crippen molar-refractivity contribution in [3.63, 3.8) is 0 Å². The molecule has 0 saturated carbocycles. The minimum Gasteiger partial charge on any atom is -0.497 e. The first-order chi connectivity index (χ1) is 52.4. The number of rotatable bonds is 18. The number of piperidine rings is 4. The van der Waals surface area contributed by atoms with Gasteiger partial charge in [-0.25, -0.2) is 66.2 Å². The fourth-order valence-electron chi connectivity index (χ4n) is 13.1. The van der Waals surface area contributed by atoms with Crippen molar-refractivity contribution in [2.24, 2.45) is 11.8 Å². The number of benzene rings is 3. The van der Waals surface area contributed by atoms with E-state index in [2.05, 4.69) is 102 Å². The van der Waals surface area contributed by atoms with Gasteiger partial charge in [0.25, 0.3) is 11.8 Å². The van der Waals surface area contributed by atoms with Gasteiger partial charge in [-0.05, 0) is 138 Å². The van der Waals surface area contributed by atoms with E-state index in [0.717, 1.165) is 99.1 Å². The molecule has 0 bridgehead atoms. The van der Waals surface area contributed by atoms with Crippen molar-refractivity contribution >= 4 is 67.4 Å². The molecule has 4 aliphatic rings. The van der Waals surface area contributed by atoms with Gasteiger partial charge in [-0.3, -0.25) is 24.9 Å². The van der Waals surface area contributed by atoms with Crippen LogP contribution in [-0.2, 0) is 0 Å².